The van der Waals surface area contributed by atoms with Gasteiger partial charge in [0.05, 0.1) is 16.3 Å². The summed E-state index contributed by atoms with van der Waals surface area (Å²) in [6.45, 7) is 1.72. The van der Waals surface area contributed by atoms with Crippen LogP contribution in [0.3, 0.4) is 0 Å². The smallest absolute Gasteiger partial charge is 0.354 e. The molecule has 2 N–H and O–H groups in total. The molecule has 102 valence electrons. The first-order valence-corrected chi connectivity index (χ1v) is 5.56. The first-order chi connectivity index (χ1) is 9.49. The Bertz CT molecular complexity index is 687. The number of hydrogen-bond acceptors (Lipinski definition) is 6. The number of anilines is 2. The summed E-state index contributed by atoms with van der Waals surface area (Å²) in [5, 5.41) is 22.6. The molecule has 0 aliphatic carbocycles. The van der Waals surface area contributed by atoms with Crippen molar-refractivity contribution in [1.29, 1.82) is 0 Å². The van der Waals surface area contributed by atoms with Gasteiger partial charge in [-0.05, 0) is 25.1 Å². The summed E-state index contributed by atoms with van der Waals surface area (Å²) in [7, 11) is 0. The quantitative estimate of drug-likeness (QED) is 0.647. The van der Waals surface area contributed by atoms with Crippen molar-refractivity contribution in [3.05, 3.63) is 52.0 Å². The summed E-state index contributed by atoms with van der Waals surface area (Å²) < 4.78 is 0. The fourth-order valence-corrected chi connectivity index (χ4v) is 1.55. The lowest BCUT2D eigenvalue weighted by molar-refractivity contribution is -0.384. The number of carboxylic acids is 1. The Balaban J connectivity index is 2.48. The SMILES string of the molecule is Cc1ncccc1Nc1nc(C(=O)O)ccc1[N+](=O)[O-]. The minimum atomic E-state index is -1.26. The molecule has 0 saturated heterocycles. The molecule has 20 heavy (non-hydrogen) atoms. The summed E-state index contributed by atoms with van der Waals surface area (Å²) in [6, 6.07) is 5.51. The predicted octanol–water partition coefficient (Wildman–Crippen LogP) is 2.14. The van der Waals surface area contributed by atoms with E-state index in [9.17, 15) is 14.9 Å². The van der Waals surface area contributed by atoms with Crippen molar-refractivity contribution in [2.24, 2.45) is 0 Å². The van der Waals surface area contributed by atoms with Crippen molar-refractivity contribution in [2.75, 3.05) is 5.32 Å². The summed E-state index contributed by atoms with van der Waals surface area (Å²) in [4.78, 5) is 29.0. The van der Waals surface area contributed by atoms with Crippen LogP contribution in [-0.2, 0) is 0 Å². The molecule has 0 fully saturated rings. The third kappa shape index (κ3) is 2.69. The topological polar surface area (TPSA) is 118 Å². The second-order valence-corrected chi connectivity index (χ2v) is 3.89. The Hall–Kier alpha value is -3.03. The van der Waals surface area contributed by atoms with Crippen LogP contribution in [0.15, 0.2) is 30.5 Å². The molecule has 0 amide bonds. The molecule has 0 aromatic carbocycles. The molecule has 8 heteroatoms. The Labute approximate surface area is 113 Å². The van der Waals surface area contributed by atoms with Gasteiger partial charge in [-0.1, -0.05) is 0 Å². The number of nitrogens with zero attached hydrogens (tertiary/aromatic N) is 3. The monoisotopic (exact) mass is 274 g/mol. The lowest BCUT2D eigenvalue weighted by atomic mass is 10.3. The van der Waals surface area contributed by atoms with Crippen LogP contribution < -0.4 is 5.32 Å². The molecule has 2 rings (SSSR count). The Morgan fingerprint density at radius 1 is 1.40 bits per heavy atom. The average Bonchev–Trinajstić information content (AvgIpc) is 2.41. The largest absolute Gasteiger partial charge is 0.477 e. The van der Waals surface area contributed by atoms with Crippen LogP contribution in [0.2, 0.25) is 0 Å². The van der Waals surface area contributed by atoms with Gasteiger partial charge in [0.25, 0.3) is 0 Å². The number of hydrogen-bond donors (Lipinski definition) is 2. The summed E-state index contributed by atoms with van der Waals surface area (Å²) >= 11 is 0. The van der Waals surface area contributed by atoms with Crippen LogP contribution in [0, 0.1) is 17.0 Å². The minimum absolute atomic E-state index is 0.133. The van der Waals surface area contributed by atoms with Gasteiger partial charge in [0.1, 0.15) is 0 Å². The molecule has 0 aliphatic rings. The van der Waals surface area contributed by atoms with Crippen molar-refractivity contribution in [3.63, 3.8) is 0 Å². The van der Waals surface area contributed by atoms with Crippen molar-refractivity contribution < 1.29 is 14.8 Å². The highest BCUT2D eigenvalue weighted by Crippen LogP contribution is 2.26. The summed E-state index contributed by atoms with van der Waals surface area (Å²) in [5.41, 5.74) is 0.549. The van der Waals surface area contributed by atoms with Gasteiger partial charge >= 0.3 is 11.7 Å². The van der Waals surface area contributed by atoms with E-state index in [1.807, 2.05) is 0 Å². The number of nitro groups is 1. The standard InChI is InChI=1S/C12H10N4O4/c1-7-8(3-2-6-13-7)14-11-10(16(19)20)5-4-9(15-11)12(17)18/h2-6H,1H3,(H,14,15)(H,17,18). The summed E-state index contributed by atoms with van der Waals surface area (Å²) in [6.07, 6.45) is 1.58. The molecule has 0 spiro atoms. The molecule has 0 atom stereocenters. The third-order valence-corrected chi connectivity index (χ3v) is 2.55. The van der Waals surface area contributed by atoms with Crippen LogP contribution in [0.4, 0.5) is 17.2 Å². The van der Waals surface area contributed by atoms with E-state index in [0.717, 1.165) is 12.1 Å². The van der Waals surface area contributed by atoms with Gasteiger partial charge in [-0.2, -0.15) is 0 Å². The second kappa shape index (κ2) is 5.31. The highest BCUT2D eigenvalue weighted by atomic mass is 16.6. The first-order valence-electron chi connectivity index (χ1n) is 5.56. The van der Waals surface area contributed by atoms with E-state index in [-0.39, 0.29) is 17.2 Å². The highest BCUT2D eigenvalue weighted by Gasteiger charge is 2.19. The van der Waals surface area contributed by atoms with E-state index in [4.69, 9.17) is 5.11 Å². The van der Waals surface area contributed by atoms with Crippen LogP contribution in [-0.4, -0.2) is 26.0 Å². The minimum Gasteiger partial charge on any atom is -0.477 e. The number of carboxylic acid groups (broad SMARTS) is 1. The molecule has 2 aromatic heterocycles. The van der Waals surface area contributed by atoms with Gasteiger partial charge in [-0.3, -0.25) is 15.1 Å². The maximum atomic E-state index is 10.9. The van der Waals surface area contributed by atoms with Gasteiger partial charge in [0.15, 0.2) is 5.69 Å². The molecule has 0 radical (unpaired) electrons. The Morgan fingerprint density at radius 2 is 2.15 bits per heavy atom. The molecular formula is C12H10N4O4. The van der Waals surface area contributed by atoms with Gasteiger partial charge in [0, 0.05) is 12.3 Å². The number of aromatic carboxylic acids is 1. The first kappa shape index (κ1) is 13.4. The van der Waals surface area contributed by atoms with E-state index < -0.39 is 10.9 Å². The Morgan fingerprint density at radius 3 is 2.75 bits per heavy atom. The van der Waals surface area contributed by atoms with Crippen LogP contribution in [0.25, 0.3) is 0 Å². The second-order valence-electron chi connectivity index (χ2n) is 3.89. The maximum Gasteiger partial charge on any atom is 0.354 e. The zero-order chi connectivity index (χ0) is 14.7. The molecule has 8 nitrogen and oxygen atoms in total. The third-order valence-electron chi connectivity index (χ3n) is 2.55. The lowest BCUT2D eigenvalue weighted by Gasteiger charge is -2.08. The van der Waals surface area contributed by atoms with Crippen LogP contribution in [0.1, 0.15) is 16.2 Å². The number of carbonyl (C=O) groups is 1. The lowest BCUT2D eigenvalue weighted by Crippen LogP contribution is -2.06. The number of aryl methyl sites for hydroxylation is 1. The fraction of sp³-hybridized carbons (Fsp3) is 0.0833. The zero-order valence-electron chi connectivity index (χ0n) is 10.4. The number of rotatable bonds is 4. The van der Waals surface area contributed by atoms with Crippen molar-refractivity contribution >= 4 is 23.2 Å². The highest BCUT2D eigenvalue weighted by molar-refractivity contribution is 5.86. The number of nitrogens with one attached hydrogen (secondary N) is 1. The van der Waals surface area contributed by atoms with Gasteiger partial charge < -0.3 is 10.4 Å². The van der Waals surface area contributed by atoms with Crippen molar-refractivity contribution in [3.8, 4) is 0 Å². The van der Waals surface area contributed by atoms with Crippen molar-refractivity contribution in [1.82, 2.24) is 9.97 Å². The zero-order valence-corrected chi connectivity index (χ0v) is 10.4. The molecule has 0 aliphatic heterocycles. The van der Waals surface area contributed by atoms with E-state index in [1.54, 1.807) is 25.3 Å². The molecule has 2 aromatic rings. The van der Waals surface area contributed by atoms with E-state index in [1.165, 1.54) is 0 Å². The molecule has 2 heterocycles. The maximum absolute atomic E-state index is 10.9. The summed E-state index contributed by atoms with van der Waals surface area (Å²) in [5.74, 6) is -1.39. The van der Waals surface area contributed by atoms with Gasteiger partial charge in [0.2, 0.25) is 5.82 Å². The van der Waals surface area contributed by atoms with Gasteiger partial charge in [-0.15, -0.1) is 0 Å². The van der Waals surface area contributed by atoms with E-state index in [2.05, 4.69) is 15.3 Å². The van der Waals surface area contributed by atoms with Gasteiger partial charge in [-0.25, -0.2) is 9.78 Å². The average molecular weight is 274 g/mol. The molecule has 0 unspecified atom stereocenters. The number of pyridine rings is 2. The van der Waals surface area contributed by atoms with Crippen LogP contribution in [0.5, 0.6) is 0 Å². The number of aromatic nitrogens is 2. The molecule has 0 saturated carbocycles. The van der Waals surface area contributed by atoms with Crippen LogP contribution >= 0.6 is 0 Å². The molecule has 0 bridgehead atoms. The predicted molar refractivity (Wildman–Crippen MR) is 70.1 cm³/mol. The van der Waals surface area contributed by atoms with E-state index in [0.29, 0.717) is 11.4 Å². The fourth-order valence-electron chi connectivity index (χ4n) is 1.55. The van der Waals surface area contributed by atoms with Crippen molar-refractivity contribution in [2.45, 2.75) is 6.92 Å². The normalized spacial score (nSPS) is 10.1. The molecular weight excluding hydrogens is 264 g/mol. The Kier molecular flexibility index (Phi) is 3.56. The van der Waals surface area contributed by atoms with E-state index >= 15 is 0 Å².